The molecule has 0 bridgehead atoms. The molecule has 0 saturated carbocycles. The van der Waals surface area contributed by atoms with Crippen molar-refractivity contribution in [3.63, 3.8) is 0 Å². The summed E-state index contributed by atoms with van der Waals surface area (Å²) < 4.78 is 6.23. The lowest BCUT2D eigenvalue weighted by molar-refractivity contribution is -0.138. The first-order chi connectivity index (χ1) is 6.99. The van der Waals surface area contributed by atoms with Crippen LogP contribution in [0.3, 0.4) is 0 Å². The average Bonchev–Trinajstić information content (AvgIpc) is 2.08. The van der Waals surface area contributed by atoms with Gasteiger partial charge in [0.2, 0.25) is 0 Å². The highest BCUT2D eigenvalue weighted by Crippen LogP contribution is 2.28. The van der Waals surface area contributed by atoms with Crippen molar-refractivity contribution in [2.24, 2.45) is 0 Å². The Morgan fingerprint density at radius 1 is 1.67 bits per heavy atom. The Bertz CT molecular complexity index is 368. The van der Waals surface area contributed by atoms with E-state index in [1.54, 1.807) is 25.1 Å². The van der Waals surface area contributed by atoms with Gasteiger partial charge < -0.3 is 9.84 Å². The second kappa shape index (κ2) is 5.37. The molecular formula is C10H10BrClO3. The van der Waals surface area contributed by atoms with Gasteiger partial charge in [-0.3, -0.25) is 4.79 Å². The Kier molecular flexibility index (Phi) is 4.42. The summed E-state index contributed by atoms with van der Waals surface area (Å²) in [4.78, 5) is 10.4. The number of carboxylic acid groups (broad SMARTS) is 1. The zero-order valence-corrected chi connectivity index (χ0v) is 10.4. The van der Waals surface area contributed by atoms with Crippen molar-refractivity contribution in [2.75, 3.05) is 0 Å². The molecule has 1 rings (SSSR count). The van der Waals surface area contributed by atoms with Gasteiger partial charge in [0.05, 0.1) is 11.4 Å². The van der Waals surface area contributed by atoms with Crippen molar-refractivity contribution in [1.29, 1.82) is 0 Å². The van der Waals surface area contributed by atoms with E-state index in [9.17, 15) is 4.79 Å². The van der Waals surface area contributed by atoms with E-state index in [2.05, 4.69) is 15.9 Å². The average molecular weight is 294 g/mol. The van der Waals surface area contributed by atoms with Crippen molar-refractivity contribution in [3.8, 4) is 5.75 Å². The SMILES string of the molecule is C[C@H](CC(=O)O)Oc1ccc(Br)cc1Cl. The molecule has 0 aliphatic heterocycles. The Morgan fingerprint density at radius 2 is 2.33 bits per heavy atom. The van der Waals surface area contributed by atoms with E-state index in [1.807, 2.05) is 0 Å². The van der Waals surface area contributed by atoms with Crippen molar-refractivity contribution >= 4 is 33.5 Å². The van der Waals surface area contributed by atoms with Crippen LogP contribution in [-0.2, 0) is 4.79 Å². The zero-order chi connectivity index (χ0) is 11.4. The quantitative estimate of drug-likeness (QED) is 0.926. The Balaban J connectivity index is 2.68. The molecule has 1 N–H and O–H groups in total. The third-order valence-electron chi connectivity index (χ3n) is 1.68. The molecule has 0 aromatic heterocycles. The van der Waals surface area contributed by atoms with Gasteiger partial charge in [-0.05, 0) is 25.1 Å². The first kappa shape index (κ1) is 12.3. The van der Waals surface area contributed by atoms with Crippen LogP contribution in [0.2, 0.25) is 5.02 Å². The van der Waals surface area contributed by atoms with Crippen LogP contribution in [0.5, 0.6) is 5.75 Å². The molecule has 0 radical (unpaired) electrons. The molecule has 15 heavy (non-hydrogen) atoms. The number of aliphatic carboxylic acids is 1. The number of carboxylic acids is 1. The third-order valence-corrected chi connectivity index (χ3v) is 2.47. The molecule has 1 aromatic carbocycles. The Morgan fingerprint density at radius 3 is 2.87 bits per heavy atom. The minimum Gasteiger partial charge on any atom is -0.489 e. The standard InChI is InChI=1S/C10H10BrClO3/c1-6(4-10(13)14)15-9-3-2-7(11)5-8(9)12/h2-3,5-6H,4H2,1H3,(H,13,14)/t6-/m1/s1. The smallest absolute Gasteiger partial charge is 0.307 e. The maximum atomic E-state index is 10.4. The molecule has 82 valence electrons. The van der Waals surface area contributed by atoms with Crippen molar-refractivity contribution < 1.29 is 14.6 Å². The maximum absolute atomic E-state index is 10.4. The highest BCUT2D eigenvalue weighted by atomic mass is 79.9. The van der Waals surface area contributed by atoms with E-state index in [0.29, 0.717) is 10.8 Å². The molecule has 5 heteroatoms. The summed E-state index contributed by atoms with van der Waals surface area (Å²) in [5, 5.41) is 9.01. The summed E-state index contributed by atoms with van der Waals surface area (Å²) in [5.74, 6) is -0.399. The van der Waals surface area contributed by atoms with Crippen LogP contribution in [0.25, 0.3) is 0 Å². The van der Waals surface area contributed by atoms with Gasteiger partial charge >= 0.3 is 5.97 Å². The third kappa shape index (κ3) is 4.10. The lowest BCUT2D eigenvalue weighted by Crippen LogP contribution is -2.16. The summed E-state index contributed by atoms with van der Waals surface area (Å²) in [5.41, 5.74) is 0. The minimum atomic E-state index is -0.893. The van der Waals surface area contributed by atoms with Crippen LogP contribution >= 0.6 is 27.5 Å². The van der Waals surface area contributed by atoms with Crippen molar-refractivity contribution in [3.05, 3.63) is 27.7 Å². The van der Waals surface area contributed by atoms with Crippen LogP contribution < -0.4 is 4.74 Å². The molecule has 3 nitrogen and oxygen atoms in total. The summed E-state index contributed by atoms with van der Waals surface area (Å²) in [7, 11) is 0. The highest BCUT2D eigenvalue weighted by molar-refractivity contribution is 9.10. The molecule has 0 fully saturated rings. The molecule has 1 atom stereocenters. The number of benzene rings is 1. The second-order valence-electron chi connectivity index (χ2n) is 3.10. The summed E-state index contributed by atoms with van der Waals surface area (Å²) in [6.07, 6.45) is -0.451. The molecule has 0 aliphatic carbocycles. The van der Waals surface area contributed by atoms with Gasteiger partial charge in [0.15, 0.2) is 0 Å². The fourth-order valence-corrected chi connectivity index (χ4v) is 1.79. The zero-order valence-electron chi connectivity index (χ0n) is 8.04. The lowest BCUT2D eigenvalue weighted by atomic mass is 10.3. The molecule has 0 spiro atoms. The van der Waals surface area contributed by atoms with E-state index in [1.165, 1.54) is 0 Å². The van der Waals surface area contributed by atoms with E-state index < -0.39 is 12.1 Å². The molecule has 0 heterocycles. The predicted octanol–water partition coefficient (Wildman–Crippen LogP) is 3.34. The molecule has 0 amide bonds. The van der Waals surface area contributed by atoms with Gasteiger partial charge in [-0.25, -0.2) is 0 Å². The first-order valence-electron chi connectivity index (χ1n) is 4.32. The summed E-state index contributed by atoms with van der Waals surface area (Å²) in [6.45, 7) is 1.69. The molecule has 1 aromatic rings. The predicted molar refractivity (Wildman–Crippen MR) is 61.5 cm³/mol. The number of hydrogen-bond acceptors (Lipinski definition) is 2. The Labute approximate surface area is 101 Å². The highest BCUT2D eigenvalue weighted by Gasteiger charge is 2.11. The van der Waals surface area contributed by atoms with Crippen molar-refractivity contribution in [1.82, 2.24) is 0 Å². The van der Waals surface area contributed by atoms with E-state index in [4.69, 9.17) is 21.4 Å². The second-order valence-corrected chi connectivity index (χ2v) is 4.42. The summed E-state index contributed by atoms with van der Waals surface area (Å²) >= 11 is 9.18. The number of halogens is 2. The van der Waals surface area contributed by atoms with Gasteiger partial charge in [-0.2, -0.15) is 0 Å². The topological polar surface area (TPSA) is 46.5 Å². The van der Waals surface area contributed by atoms with Crippen LogP contribution in [-0.4, -0.2) is 17.2 Å². The van der Waals surface area contributed by atoms with Crippen LogP contribution in [0, 0.1) is 0 Å². The molecule has 0 aliphatic rings. The van der Waals surface area contributed by atoms with E-state index in [0.717, 1.165) is 4.47 Å². The van der Waals surface area contributed by atoms with Gasteiger partial charge in [0, 0.05) is 4.47 Å². The van der Waals surface area contributed by atoms with Crippen molar-refractivity contribution in [2.45, 2.75) is 19.4 Å². The number of rotatable bonds is 4. The first-order valence-corrected chi connectivity index (χ1v) is 5.49. The van der Waals surface area contributed by atoms with Gasteiger partial charge in [-0.15, -0.1) is 0 Å². The summed E-state index contributed by atoms with van der Waals surface area (Å²) in [6, 6.07) is 5.18. The lowest BCUT2D eigenvalue weighted by Gasteiger charge is -2.13. The number of ether oxygens (including phenoxy) is 1. The maximum Gasteiger partial charge on any atom is 0.307 e. The number of hydrogen-bond donors (Lipinski definition) is 1. The largest absolute Gasteiger partial charge is 0.489 e. The van der Waals surface area contributed by atoms with E-state index >= 15 is 0 Å². The normalized spacial score (nSPS) is 12.2. The van der Waals surface area contributed by atoms with Gasteiger partial charge in [0.1, 0.15) is 11.9 Å². The number of carbonyl (C=O) groups is 1. The molecule has 0 saturated heterocycles. The molecular weight excluding hydrogens is 283 g/mol. The van der Waals surface area contributed by atoms with Crippen LogP contribution in [0.1, 0.15) is 13.3 Å². The van der Waals surface area contributed by atoms with Gasteiger partial charge in [0.25, 0.3) is 0 Å². The monoisotopic (exact) mass is 292 g/mol. The Hall–Kier alpha value is -0.740. The fraction of sp³-hybridized carbons (Fsp3) is 0.300. The van der Waals surface area contributed by atoms with E-state index in [-0.39, 0.29) is 6.42 Å². The van der Waals surface area contributed by atoms with Crippen LogP contribution in [0.4, 0.5) is 0 Å². The van der Waals surface area contributed by atoms with Gasteiger partial charge in [-0.1, -0.05) is 27.5 Å². The van der Waals surface area contributed by atoms with Crippen LogP contribution in [0.15, 0.2) is 22.7 Å². The minimum absolute atomic E-state index is 0.0492. The fourth-order valence-electron chi connectivity index (χ4n) is 1.08. The molecule has 0 unspecified atom stereocenters.